The van der Waals surface area contributed by atoms with E-state index in [9.17, 15) is 9.59 Å². The monoisotopic (exact) mass is 407 g/mol. The lowest BCUT2D eigenvalue weighted by atomic mass is 10.1. The predicted octanol–water partition coefficient (Wildman–Crippen LogP) is 3.26. The number of ether oxygens (including phenoxy) is 1. The molecule has 156 valence electrons. The first-order valence-corrected chi connectivity index (χ1v) is 10.1. The van der Waals surface area contributed by atoms with Crippen LogP contribution in [0.5, 0.6) is 5.75 Å². The van der Waals surface area contributed by atoms with Gasteiger partial charge in [0.05, 0.1) is 18.9 Å². The van der Waals surface area contributed by atoms with Crippen LogP contribution in [0.3, 0.4) is 0 Å². The van der Waals surface area contributed by atoms with Crippen LogP contribution < -0.4 is 10.1 Å². The van der Waals surface area contributed by atoms with Crippen LogP contribution in [0.1, 0.15) is 43.1 Å². The van der Waals surface area contributed by atoms with Crippen molar-refractivity contribution in [3.8, 4) is 5.75 Å². The predicted molar refractivity (Wildman–Crippen MR) is 114 cm³/mol. The number of hydrogen-bond acceptors (Lipinski definition) is 5. The van der Waals surface area contributed by atoms with E-state index in [0.717, 1.165) is 17.5 Å². The van der Waals surface area contributed by atoms with Gasteiger partial charge in [0.2, 0.25) is 5.91 Å². The highest BCUT2D eigenvalue weighted by atomic mass is 16.5. The molecular weight excluding hydrogens is 382 g/mol. The second-order valence-electron chi connectivity index (χ2n) is 7.69. The first-order valence-electron chi connectivity index (χ1n) is 10.1. The minimum atomic E-state index is -0.506. The maximum absolute atomic E-state index is 13.1. The van der Waals surface area contributed by atoms with E-state index in [1.54, 1.807) is 54.7 Å². The van der Waals surface area contributed by atoms with E-state index < -0.39 is 6.04 Å². The summed E-state index contributed by atoms with van der Waals surface area (Å²) in [5, 5.41) is 8.06. The number of nitrogens with zero attached hydrogens (tertiary/aromatic N) is 4. The Bertz CT molecular complexity index is 1070. The normalized spacial score (nSPS) is 16.3. The van der Waals surface area contributed by atoms with Crippen LogP contribution in [-0.2, 0) is 4.79 Å². The van der Waals surface area contributed by atoms with Crippen LogP contribution in [0, 0.1) is 0 Å². The van der Waals surface area contributed by atoms with Crippen molar-refractivity contribution in [3.05, 3.63) is 48.3 Å². The molecule has 0 bridgehead atoms. The summed E-state index contributed by atoms with van der Waals surface area (Å²) < 4.78 is 6.96. The molecule has 8 heteroatoms. The Morgan fingerprint density at radius 3 is 2.67 bits per heavy atom. The number of benzene rings is 1. The minimum Gasteiger partial charge on any atom is -0.497 e. The molecule has 1 aliphatic heterocycles. The Balaban J connectivity index is 1.51. The number of carbonyl (C=O) groups is 2. The number of likely N-dealkylation sites (tertiary alicyclic amines) is 1. The summed E-state index contributed by atoms with van der Waals surface area (Å²) in [5.41, 5.74) is 1.89. The fraction of sp³-hybridized carbons (Fsp3) is 0.364. The Morgan fingerprint density at radius 1 is 1.20 bits per heavy atom. The van der Waals surface area contributed by atoms with Crippen molar-refractivity contribution in [1.29, 1.82) is 0 Å². The molecule has 8 nitrogen and oxygen atoms in total. The van der Waals surface area contributed by atoms with E-state index in [0.29, 0.717) is 30.0 Å². The van der Waals surface area contributed by atoms with Crippen LogP contribution in [0.4, 0.5) is 5.69 Å². The number of hydrogen-bond donors (Lipinski definition) is 1. The van der Waals surface area contributed by atoms with Crippen molar-refractivity contribution in [3.63, 3.8) is 0 Å². The second kappa shape index (κ2) is 8.14. The van der Waals surface area contributed by atoms with Crippen LogP contribution in [0.2, 0.25) is 0 Å². The summed E-state index contributed by atoms with van der Waals surface area (Å²) in [4.78, 5) is 32.1. The van der Waals surface area contributed by atoms with Crippen LogP contribution in [-0.4, -0.2) is 51.2 Å². The average molecular weight is 407 g/mol. The molecule has 2 amide bonds. The quantitative estimate of drug-likeness (QED) is 0.701. The van der Waals surface area contributed by atoms with Gasteiger partial charge in [-0.25, -0.2) is 9.67 Å². The third-order valence-corrected chi connectivity index (χ3v) is 5.34. The summed E-state index contributed by atoms with van der Waals surface area (Å²) in [6.45, 7) is 4.61. The number of fused-ring (bicyclic) bond motifs is 1. The molecule has 0 radical (unpaired) electrons. The summed E-state index contributed by atoms with van der Waals surface area (Å²) in [6.07, 6.45) is 4.71. The molecule has 1 aliphatic rings. The Labute approximate surface area is 174 Å². The molecule has 1 saturated heterocycles. The molecule has 4 rings (SSSR count). The van der Waals surface area contributed by atoms with Gasteiger partial charge in [0, 0.05) is 29.9 Å². The number of carbonyl (C=O) groups excluding carboxylic acids is 2. The molecule has 1 atom stereocenters. The van der Waals surface area contributed by atoms with E-state index in [2.05, 4.69) is 15.4 Å². The number of anilines is 1. The van der Waals surface area contributed by atoms with Crippen molar-refractivity contribution in [2.45, 2.75) is 38.8 Å². The molecule has 3 heterocycles. The first-order chi connectivity index (χ1) is 14.5. The first kappa shape index (κ1) is 19.9. The van der Waals surface area contributed by atoms with Crippen molar-refractivity contribution < 1.29 is 14.3 Å². The van der Waals surface area contributed by atoms with Crippen molar-refractivity contribution in [1.82, 2.24) is 19.7 Å². The lowest BCUT2D eigenvalue weighted by molar-refractivity contribution is -0.119. The van der Waals surface area contributed by atoms with Gasteiger partial charge in [-0.3, -0.25) is 9.59 Å². The fourth-order valence-corrected chi connectivity index (χ4v) is 3.78. The summed E-state index contributed by atoms with van der Waals surface area (Å²) in [7, 11) is 1.59. The number of rotatable bonds is 5. The number of aromatic nitrogens is 3. The highest BCUT2D eigenvalue weighted by Crippen LogP contribution is 2.24. The van der Waals surface area contributed by atoms with E-state index in [-0.39, 0.29) is 17.9 Å². The number of amides is 2. The maximum atomic E-state index is 13.1. The zero-order valence-electron chi connectivity index (χ0n) is 17.3. The van der Waals surface area contributed by atoms with E-state index in [1.807, 2.05) is 18.5 Å². The topological polar surface area (TPSA) is 89.3 Å². The van der Waals surface area contributed by atoms with Gasteiger partial charge < -0.3 is 15.0 Å². The van der Waals surface area contributed by atoms with Crippen LogP contribution in [0.25, 0.3) is 11.0 Å². The van der Waals surface area contributed by atoms with Crippen molar-refractivity contribution >= 4 is 28.5 Å². The number of nitrogens with one attached hydrogen (secondary N) is 1. The third kappa shape index (κ3) is 3.72. The van der Waals surface area contributed by atoms with Crippen molar-refractivity contribution in [2.24, 2.45) is 0 Å². The molecule has 0 spiro atoms. The lowest BCUT2D eigenvalue weighted by Crippen LogP contribution is -2.43. The SMILES string of the molecule is COc1ccc(NC(=O)C2CCCN2C(=O)c2cnc3c(cnn3C(C)C)c2)cc1. The van der Waals surface area contributed by atoms with Gasteiger partial charge in [-0.05, 0) is 57.0 Å². The third-order valence-electron chi connectivity index (χ3n) is 5.34. The molecule has 0 saturated carbocycles. The van der Waals surface area contributed by atoms with Gasteiger partial charge in [-0.2, -0.15) is 5.10 Å². The number of methoxy groups -OCH3 is 1. The standard InChI is InChI=1S/C22H25N5O3/c1-14(2)27-20-15(13-24-27)11-16(12-23-20)22(29)26-10-4-5-19(26)21(28)25-17-6-8-18(30-3)9-7-17/h6-9,11-14,19H,4-5,10H2,1-3H3,(H,25,28). The zero-order chi connectivity index (χ0) is 21.3. The Morgan fingerprint density at radius 2 is 1.97 bits per heavy atom. The minimum absolute atomic E-state index is 0.182. The molecule has 1 fully saturated rings. The Kier molecular flexibility index (Phi) is 5.39. The molecular formula is C22H25N5O3. The van der Waals surface area contributed by atoms with Gasteiger partial charge in [0.25, 0.3) is 5.91 Å². The highest BCUT2D eigenvalue weighted by molar-refractivity contribution is 6.02. The Hall–Kier alpha value is -3.42. The van der Waals surface area contributed by atoms with Crippen LogP contribution >= 0.6 is 0 Å². The van der Waals surface area contributed by atoms with Gasteiger partial charge in [-0.1, -0.05) is 0 Å². The molecule has 1 unspecified atom stereocenters. The van der Waals surface area contributed by atoms with Gasteiger partial charge in [0.1, 0.15) is 11.8 Å². The summed E-state index contributed by atoms with van der Waals surface area (Å²) in [6, 6.07) is 8.60. The largest absolute Gasteiger partial charge is 0.497 e. The fourth-order valence-electron chi connectivity index (χ4n) is 3.78. The van der Waals surface area contributed by atoms with Crippen molar-refractivity contribution in [2.75, 3.05) is 19.0 Å². The maximum Gasteiger partial charge on any atom is 0.256 e. The number of pyridine rings is 1. The smallest absolute Gasteiger partial charge is 0.256 e. The second-order valence-corrected chi connectivity index (χ2v) is 7.69. The lowest BCUT2D eigenvalue weighted by Gasteiger charge is -2.24. The van der Waals surface area contributed by atoms with E-state index in [4.69, 9.17) is 4.74 Å². The molecule has 1 N–H and O–H groups in total. The van der Waals surface area contributed by atoms with E-state index >= 15 is 0 Å². The van der Waals surface area contributed by atoms with Gasteiger partial charge >= 0.3 is 0 Å². The summed E-state index contributed by atoms with van der Waals surface area (Å²) >= 11 is 0. The van der Waals surface area contributed by atoms with Gasteiger partial charge in [0.15, 0.2) is 5.65 Å². The van der Waals surface area contributed by atoms with Gasteiger partial charge in [-0.15, -0.1) is 0 Å². The highest BCUT2D eigenvalue weighted by Gasteiger charge is 2.35. The molecule has 0 aliphatic carbocycles. The average Bonchev–Trinajstić information content (AvgIpc) is 3.40. The molecule has 3 aromatic rings. The molecule has 1 aromatic carbocycles. The van der Waals surface area contributed by atoms with Crippen LogP contribution in [0.15, 0.2) is 42.7 Å². The molecule has 2 aromatic heterocycles. The van der Waals surface area contributed by atoms with E-state index in [1.165, 1.54) is 0 Å². The summed E-state index contributed by atoms with van der Waals surface area (Å²) in [5.74, 6) is 0.344. The zero-order valence-corrected chi connectivity index (χ0v) is 17.3. The molecule has 30 heavy (non-hydrogen) atoms.